The van der Waals surface area contributed by atoms with E-state index in [1.807, 2.05) is 0 Å². The Balaban J connectivity index is 1.95. The number of nitro groups is 1. The van der Waals surface area contributed by atoms with Crippen molar-refractivity contribution in [1.82, 2.24) is 0 Å². The smallest absolute Gasteiger partial charge is 0.387 e. The minimum absolute atomic E-state index is 0.114. The number of nitrogens with zero attached hydrogens (tertiary/aromatic N) is 2. The molecule has 1 aliphatic heterocycles. The zero-order valence-electron chi connectivity index (χ0n) is 13.0. The van der Waals surface area contributed by atoms with Gasteiger partial charge in [-0.15, -0.1) is 0 Å². The van der Waals surface area contributed by atoms with E-state index < -0.39 is 17.5 Å². The van der Waals surface area contributed by atoms with Crippen molar-refractivity contribution in [3.05, 3.63) is 75.5 Å². The molecule has 9 heteroatoms. The first kappa shape index (κ1) is 17.2. The standard InChI is InChI=1S/C17H10F2N2O5/c18-17(19)25-14-7-2-1-4-10(14)9-13-16(22)26-15(20-13)11-5-3-6-12(8-11)21(23)24/h1-9,17H/b13-9-. The van der Waals surface area contributed by atoms with Gasteiger partial charge in [-0.3, -0.25) is 10.1 Å². The number of carbonyl (C=O) groups is 1. The monoisotopic (exact) mass is 360 g/mol. The number of para-hydroxylation sites is 1. The van der Waals surface area contributed by atoms with Crippen molar-refractivity contribution in [3.63, 3.8) is 0 Å². The Labute approximate surface area is 145 Å². The van der Waals surface area contributed by atoms with Gasteiger partial charge in [0.25, 0.3) is 5.69 Å². The minimum Gasteiger partial charge on any atom is -0.434 e. The van der Waals surface area contributed by atoms with Crippen LogP contribution in [0.25, 0.3) is 6.08 Å². The van der Waals surface area contributed by atoms with Crippen molar-refractivity contribution in [2.75, 3.05) is 0 Å². The van der Waals surface area contributed by atoms with E-state index in [-0.39, 0.29) is 34.2 Å². The molecule has 1 aliphatic rings. The van der Waals surface area contributed by atoms with E-state index in [0.29, 0.717) is 0 Å². The van der Waals surface area contributed by atoms with Gasteiger partial charge < -0.3 is 9.47 Å². The molecule has 0 saturated carbocycles. The lowest BCUT2D eigenvalue weighted by molar-refractivity contribution is -0.384. The molecule has 0 amide bonds. The lowest BCUT2D eigenvalue weighted by atomic mass is 10.1. The van der Waals surface area contributed by atoms with Crippen LogP contribution in [0.2, 0.25) is 0 Å². The molecule has 7 nitrogen and oxygen atoms in total. The van der Waals surface area contributed by atoms with Gasteiger partial charge in [-0.05, 0) is 18.2 Å². The van der Waals surface area contributed by atoms with E-state index in [1.165, 1.54) is 48.5 Å². The van der Waals surface area contributed by atoms with Crippen molar-refractivity contribution in [1.29, 1.82) is 0 Å². The molecule has 0 saturated heterocycles. The number of halogens is 2. The summed E-state index contributed by atoms with van der Waals surface area (Å²) < 4.78 is 34.3. The highest BCUT2D eigenvalue weighted by Crippen LogP contribution is 2.26. The lowest BCUT2D eigenvalue weighted by Crippen LogP contribution is -2.06. The van der Waals surface area contributed by atoms with Gasteiger partial charge in [0.1, 0.15) is 5.75 Å². The number of nitro benzene ring substituents is 1. The van der Waals surface area contributed by atoms with Gasteiger partial charge in [0.15, 0.2) is 5.70 Å². The van der Waals surface area contributed by atoms with Crippen molar-refractivity contribution >= 4 is 23.6 Å². The number of benzene rings is 2. The summed E-state index contributed by atoms with van der Waals surface area (Å²) in [6.45, 7) is -3.02. The van der Waals surface area contributed by atoms with Crippen LogP contribution >= 0.6 is 0 Å². The second-order valence-electron chi connectivity index (χ2n) is 5.06. The van der Waals surface area contributed by atoms with Crippen LogP contribution in [-0.2, 0) is 9.53 Å². The van der Waals surface area contributed by atoms with Crippen molar-refractivity contribution in [2.24, 2.45) is 4.99 Å². The molecule has 26 heavy (non-hydrogen) atoms. The fourth-order valence-electron chi connectivity index (χ4n) is 2.24. The summed E-state index contributed by atoms with van der Waals surface area (Å²) >= 11 is 0. The summed E-state index contributed by atoms with van der Waals surface area (Å²) in [4.78, 5) is 26.2. The molecular formula is C17H10F2N2O5. The highest BCUT2D eigenvalue weighted by atomic mass is 19.3. The van der Waals surface area contributed by atoms with Gasteiger partial charge in [0, 0.05) is 23.3 Å². The van der Waals surface area contributed by atoms with Crippen molar-refractivity contribution < 1.29 is 28.0 Å². The first-order chi connectivity index (χ1) is 12.4. The van der Waals surface area contributed by atoms with Gasteiger partial charge in [-0.25, -0.2) is 9.79 Å². The Hall–Kier alpha value is -3.62. The average Bonchev–Trinajstić information content (AvgIpc) is 2.97. The molecule has 0 N–H and O–H groups in total. The van der Waals surface area contributed by atoms with Crippen LogP contribution in [-0.4, -0.2) is 23.4 Å². The molecule has 132 valence electrons. The Morgan fingerprint density at radius 3 is 2.69 bits per heavy atom. The van der Waals surface area contributed by atoms with Gasteiger partial charge in [0.05, 0.1) is 4.92 Å². The van der Waals surface area contributed by atoms with Crippen LogP contribution in [0.3, 0.4) is 0 Å². The van der Waals surface area contributed by atoms with E-state index >= 15 is 0 Å². The third kappa shape index (κ3) is 3.72. The highest BCUT2D eigenvalue weighted by Gasteiger charge is 2.25. The number of alkyl halides is 2. The number of rotatable bonds is 5. The summed E-state index contributed by atoms with van der Waals surface area (Å²) in [5.41, 5.74) is 0.128. The van der Waals surface area contributed by atoms with Crippen LogP contribution < -0.4 is 4.74 Å². The van der Waals surface area contributed by atoms with Crippen molar-refractivity contribution in [2.45, 2.75) is 6.61 Å². The summed E-state index contributed by atoms with van der Waals surface area (Å²) in [5.74, 6) is -1.04. The topological polar surface area (TPSA) is 91.0 Å². The van der Waals surface area contributed by atoms with Gasteiger partial charge >= 0.3 is 12.6 Å². The maximum absolute atomic E-state index is 12.5. The maximum Gasteiger partial charge on any atom is 0.387 e. The van der Waals surface area contributed by atoms with Gasteiger partial charge in [0.2, 0.25) is 5.90 Å². The Morgan fingerprint density at radius 1 is 1.19 bits per heavy atom. The maximum atomic E-state index is 12.5. The van der Waals surface area contributed by atoms with E-state index in [2.05, 4.69) is 9.73 Å². The van der Waals surface area contributed by atoms with Crippen LogP contribution in [0, 0.1) is 10.1 Å². The number of esters is 1. The number of cyclic esters (lactones) is 1. The molecule has 2 aromatic rings. The Kier molecular flexibility index (Phi) is 4.70. The first-order valence-electron chi connectivity index (χ1n) is 7.25. The number of carbonyl (C=O) groups excluding carboxylic acids is 1. The van der Waals surface area contributed by atoms with E-state index in [9.17, 15) is 23.7 Å². The van der Waals surface area contributed by atoms with Crippen LogP contribution in [0.1, 0.15) is 11.1 Å². The van der Waals surface area contributed by atoms with Crippen LogP contribution in [0.4, 0.5) is 14.5 Å². The average molecular weight is 360 g/mol. The van der Waals surface area contributed by atoms with E-state index in [1.54, 1.807) is 6.07 Å². The molecule has 0 spiro atoms. The molecule has 0 atom stereocenters. The second kappa shape index (κ2) is 7.09. The number of ether oxygens (including phenoxy) is 2. The Morgan fingerprint density at radius 2 is 1.96 bits per heavy atom. The number of hydrogen-bond acceptors (Lipinski definition) is 6. The summed E-state index contributed by atoms with van der Waals surface area (Å²) in [5, 5.41) is 10.8. The van der Waals surface area contributed by atoms with E-state index in [0.717, 1.165) is 0 Å². The normalized spacial score (nSPS) is 15.1. The third-order valence-corrected chi connectivity index (χ3v) is 3.35. The second-order valence-corrected chi connectivity index (χ2v) is 5.06. The molecule has 0 radical (unpaired) electrons. The SMILES string of the molecule is O=C1OC(c2cccc([N+](=O)[O-])c2)=N/C1=C\c1ccccc1OC(F)F. The molecule has 0 unspecified atom stereocenters. The van der Waals surface area contributed by atoms with Gasteiger partial charge in [-0.2, -0.15) is 8.78 Å². The third-order valence-electron chi connectivity index (χ3n) is 3.35. The largest absolute Gasteiger partial charge is 0.434 e. The molecule has 0 aliphatic carbocycles. The summed E-state index contributed by atoms with van der Waals surface area (Å²) in [6.07, 6.45) is 1.24. The zero-order chi connectivity index (χ0) is 18.7. The Bertz CT molecular complexity index is 940. The molecule has 2 aromatic carbocycles. The molecule has 1 heterocycles. The summed E-state index contributed by atoms with van der Waals surface area (Å²) in [7, 11) is 0. The summed E-state index contributed by atoms with van der Waals surface area (Å²) in [6, 6.07) is 11.3. The van der Waals surface area contributed by atoms with Crippen molar-refractivity contribution in [3.8, 4) is 5.75 Å². The fraction of sp³-hybridized carbons (Fsp3) is 0.0588. The molecular weight excluding hydrogens is 350 g/mol. The van der Waals surface area contributed by atoms with Crippen LogP contribution in [0.15, 0.2) is 59.2 Å². The molecule has 0 bridgehead atoms. The van der Waals surface area contributed by atoms with Gasteiger partial charge in [-0.1, -0.05) is 24.3 Å². The number of hydrogen-bond donors (Lipinski definition) is 0. The first-order valence-corrected chi connectivity index (χ1v) is 7.25. The lowest BCUT2D eigenvalue weighted by Gasteiger charge is -2.07. The molecule has 0 aromatic heterocycles. The van der Waals surface area contributed by atoms with Crippen LogP contribution in [0.5, 0.6) is 5.75 Å². The quantitative estimate of drug-likeness (QED) is 0.352. The fourth-order valence-corrected chi connectivity index (χ4v) is 2.24. The minimum atomic E-state index is -3.02. The molecule has 3 rings (SSSR count). The predicted molar refractivity (Wildman–Crippen MR) is 86.8 cm³/mol. The number of non-ortho nitro benzene ring substituents is 1. The molecule has 0 fully saturated rings. The highest BCUT2D eigenvalue weighted by molar-refractivity contribution is 6.13. The zero-order valence-corrected chi connectivity index (χ0v) is 13.0. The number of aliphatic imine (C=N–C) groups is 1. The predicted octanol–water partition coefficient (Wildman–Crippen LogP) is 3.54. The van der Waals surface area contributed by atoms with E-state index in [4.69, 9.17) is 4.74 Å².